The molecule has 4 rings (SSSR count). The van der Waals surface area contributed by atoms with Crippen LogP contribution in [0.4, 0.5) is 0 Å². The third-order valence-electron chi connectivity index (χ3n) is 5.32. The Morgan fingerprint density at radius 3 is 2.93 bits per heavy atom. The largest absolute Gasteiger partial charge is 0.497 e. The number of amides is 1. The number of hydrogen-bond acceptors (Lipinski definition) is 5. The fourth-order valence-electron chi connectivity index (χ4n) is 3.72. The highest BCUT2D eigenvalue weighted by Gasteiger charge is 2.16. The Morgan fingerprint density at radius 1 is 1.28 bits per heavy atom. The molecule has 0 bridgehead atoms. The summed E-state index contributed by atoms with van der Waals surface area (Å²) >= 11 is 0. The molecule has 0 saturated carbocycles. The maximum atomic E-state index is 12.6. The first kappa shape index (κ1) is 19.2. The zero-order valence-electron chi connectivity index (χ0n) is 16.8. The molecule has 1 aliphatic heterocycles. The Morgan fingerprint density at radius 2 is 2.14 bits per heavy atom. The highest BCUT2D eigenvalue weighted by Crippen LogP contribution is 2.21. The molecule has 0 saturated heterocycles. The molecule has 0 fully saturated rings. The summed E-state index contributed by atoms with van der Waals surface area (Å²) in [5.74, 6) is 1.45. The van der Waals surface area contributed by atoms with Crippen LogP contribution in [0.3, 0.4) is 0 Å². The van der Waals surface area contributed by atoms with Gasteiger partial charge in [0.1, 0.15) is 11.6 Å². The monoisotopic (exact) mass is 395 g/mol. The number of nitrogens with zero attached hydrogens (tertiary/aromatic N) is 4. The van der Waals surface area contributed by atoms with Gasteiger partial charge in [-0.3, -0.25) is 14.3 Å². The van der Waals surface area contributed by atoms with Gasteiger partial charge in [-0.2, -0.15) is 5.10 Å². The molecule has 8 nitrogen and oxygen atoms in total. The van der Waals surface area contributed by atoms with Crippen molar-refractivity contribution in [3.63, 3.8) is 0 Å². The van der Waals surface area contributed by atoms with E-state index in [1.54, 1.807) is 11.7 Å². The van der Waals surface area contributed by atoms with E-state index in [0.717, 1.165) is 48.3 Å². The van der Waals surface area contributed by atoms with Crippen LogP contribution in [-0.4, -0.2) is 38.9 Å². The number of carbonyl (C=O) groups excluding carboxylic acids is 1. The molecule has 152 valence electrons. The molecule has 0 spiro atoms. The van der Waals surface area contributed by atoms with E-state index < -0.39 is 0 Å². The third-order valence-corrected chi connectivity index (χ3v) is 5.32. The molecule has 1 aromatic carbocycles. The molecule has 1 aliphatic rings. The van der Waals surface area contributed by atoms with Gasteiger partial charge in [-0.05, 0) is 44.4 Å². The van der Waals surface area contributed by atoms with Gasteiger partial charge in [0.15, 0.2) is 0 Å². The minimum atomic E-state index is -0.163. The molecule has 2 aromatic heterocycles. The van der Waals surface area contributed by atoms with Crippen LogP contribution in [0, 0.1) is 6.92 Å². The van der Waals surface area contributed by atoms with Crippen molar-refractivity contribution < 1.29 is 9.53 Å². The molecule has 0 unspecified atom stereocenters. The van der Waals surface area contributed by atoms with Crippen LogP contribution in [0.25, 0.3) is 10.9 Å². The van der Waals surface area contributed by atoms with E-state index in [1.165, 1.54) is 4.68 Å². The minimum absolute atomic E-state index is 0.0453. The Labute approximate surface area is 168 Å². The normalized spacial score (nSPS) is 13.3. The van der Waals surface area contributed by atoms with Gasteiger partial charge in [-0.1, -0.05) is 0 Å². The van der Waals surface area contributed by atoms with Crippen LogP contribution >= 0.6 is 0 Å². The lowest BCUT2D eigenvalue weighted by Crippen LogP contribution is -2.29. The Kier molecular flexibility index (Phi) is 5.33. The number of fused-ring (bicyclic) bond motifs is 2. The lowest BCUT2D eigenvalue weighted by Gasteiger charge is -2.09. The van der Waals surface area contributed by atoms with E-state index in [-0.39, 0.29) is 11.6 Å². The molecule has 1 N–H and O–H groups in total. The lowest BCUT2D eigenvalue weighted by molar-refractivity contribution is 0.0951. The number of ether oxygens (including phenoxy) is 1. The maximum absolute atomic E-state index is 12.6. The van der Waals surface area contributed by atoms with E-state index in [1.807, 2.05) is 31.2 Å². The second-order valence-corrected chi connectivity index (χ2v) is 7.32. The average molecular weight is 395 g/mol. The number of rotatable bonds is 6. The maximum Gasteiger partial charge on any atom is 0.345 e. The van der Waals surface area contributed by atoms with Crippen molar-refractivity contribution in [2.45, 2.75) is 45.7 Å². The fraction of sp³-hybridized carbons (Fsp3) is 0.429. The number of carbonyl (C=O) groups is 1. The lowest BCUT2D eigenvalue weighted by atomic mass is 10.1. The summed E-state index contributed by atoms with van der Waals surface area (Å²) in [6.45, 7) is 3.54. The van der Waals surface area contributed by atoms with Crippen molar-refractivity contribution >= 4 is 16.8 Å². The molecular formula is C21H25N5O3. The summed E-state index contributed by atoms with van der Waals surface area (Å²) in [5.41, 5.74) is 1.97. The summed E-state index contributed by atoms with van der Waals surface area (Å²) in [5, 5.41) is 8.23. The van der Waals surface area contributed by atoms with Gasteiger partial charge in [-0.15, -0.1) is 0 Å². The van der Waals surface area contributed by atoms with E-state index in [4.69, 9.17) is 4.74 Å². The van der Waals surface area contributed by atoms with Crippen molar-refractivity contribution in [3.8, 4) is 5.75 Å². The van der Waals surface area contributed by atoms with Crippen LogP contribution < -0.4 is 15.7 Å². The van der Waals surface area contributed by atoms with Crippen LogP contribution in [0.5, 0.6) is 5.75 Å². The van der Waals surface area contributed by atoms with E-state index in [2.05, 4.69) is 15.4 Å². The summed E-state index contributed by atoms with van der Waals surface area (Å²) in [7, 11) is 1.61. The number of methoxy groups -OCH3 is 1. The highest BCUT2D eigenvalue weighted by molar-refractivity contribution is 5.98. The van der Waals surface area contributed by atoms with Crippen LogP contribution in [0.1, 0.15) is 41.1 Å². The quantitative estimate of drug-likeness (QED) is 0.645. The molecule has 0 atom stereocenters. The topological polar surface area (TPSA) is 91.0 Å². The van der Waals surface area contributed by atoms with Crippen molar-refractivity contribution in [3.05, 3.63) is 51.8 Å². The second kappa shape index (κ2) is 8.06. The van der Waals surface area contributed by atoms with Crippen LogP contribution in [0.2, 0.25) is 0 Å². The summed E-state index contributed by atoms with van der Waals surface area (Å²) in [6, 6.07) is 7.44. The number of aryl methyl sites for hydroxylation is 3. The molecule has 1 amide bonds. The molecule has 3 heterocycles. The van der Waals surface area contributed by atoms with Crippen molar-refractivity contribution in [2.75, 3.05) is 13.7 Å². The number of pyridine rings is 1. The molecule has 0 aliphatic carbocycles. The summed E-state index contributed by atoms with van der Waals surface area (Å²) < 4.78 is 8.51. The Balaban J connectivity index is 1.38. The van der Waals surface area contributed by atoms with Crippen molar-refractivity contribution in [1.29, 1.82) is 0 Å². The summed E-state index contributed by atoms with van der Waals surface area (Å²) in [4.78, 5) is 29.5. The van der Waals surface area contributed by atoms with Gasteiger partial charge >= 0.3 is 5.69 Å². The van der Waals surface area contributed by atoms with Crippen LogP contribution in [0.15, 0.2) is 29.1 Å². The Hall–Kier alpha value is -3.16. The van der Waals surface area contributed by atoms with Crippen LogP contribution in [-0.2, 0) is 19.5 Å². The molecular weight excluding hydrogens is 370 g/mol. The standard InChI is InChI=1S/C21H25N5O3/c1-14-17(12-15-7-8-16(29-2)13-18(15)23-14)20(27)22-9-5-11-26-21(28)25-10-4-3-6-19(25)24-26/h7-8,12-13H,3-6,9-11H2,1-2H3,(H,22,27). The average Bonchev–Trinajstić information content (AvgIpc) is 3.06. The third kappa shape index (κ3) is 3.87. The SMILES string of the molecule is COc1ccc2cc(C(=O)NCCCn3nc4n(c3=O)CCCC4)c(C)nc2c1. The van der Waals surface area contributed by atoms with Gasteiger partial charge in [0.25, 0.3) is 5.91 Å². The molecule has 29 heavy (non-hydrogen) atoms. The minimum Gasteiger partial charge on any atom is -0.497 e. The fourth-order valence-corrected chi connectivity index (χ4v) is 3.72. The van der Waals surface area contributed by atoms with Gasteiger partial charge in [0.05, 0.1) is 23.9 Å². The predicted octanol–water partition coefficient (Wildman–Crippen LogP) is 2.07. The van der Waals surface area contributed by atoms with E-state index in [0.29, 0.717) is 30.8 Å². The van der Waals surface area contributed by atoms with E-state index in [9.17, 15) is 9.59 Å². The summed E-state index contributed by atoms with van der Waals surface area (Å²) in [6.07, 6.45) is 3.61. The number of nitrogens with one attached hydrogen (secondary N) is 1. The van der Waals surface area contributed by atoms with Gasteiger partial charge in [0.2, 0.25) is 0 Å². The number of aromatic nitrogens is 4. The highest BCUT2D eigenvalue weighted by atomic mass is 16.5. The van der Waals surface area contributed by atoms with Gasteiger partial charge in [-0.25, -0.2) is 9.48 Å². The van der Waals surface area contributed by atoms with Gasteiger partial charge in [0, 0.05) is 37.5 Å². The number of benzene rings is 1. The van der Waals surface area contributed by atoms with E-state index >= 15 is 0 Å². The van der Waals surface area contributed by atoms with Crippen molar-refractivity contribution in [1.82, 2.24) is 24.6 Å². The first-order valence-corrected chi connectivity index (χ1v) is 9.97. The molecule has 3 aromatic rings. The molecule has 0 radical (unpaired) electrons. The smallest absolute Gasteiger partial charge is 0.345 e. The zero-order chi connectivity index (χ0) is 20.4. The first-order valence-electron chi connectivity index (χ1n) is 9.97. The zero-order valence-corrected chi connectivity index (χ0v) is 16.8. The first-order chi connectivity index (χ1) is 14.1. The van der Waals surface area contributed by atoms with Crippen molar-refractivity contribution in [2.24, 2.45) is 0 Å². The Bertz CT molecular complexity index is 1120. The number of hydrogen-bond donors (Lipinski definition) is 1. The molecule has 8 heteroatoms. The van der Waals surface area contributed by atoms with Gasteiger partial charge < -0.3 is 10.1 Å². The predicted molar refractivity (Wildman–Crippen MR) is 109 cm³/mol. The second-order valence-electron chi connectivity index (χ2n) is 7.32.